The Morgan fingerprint density at radius 2 is 1.77 bits per heavy atom. The number of halogens is 3. The van der Waals surface area contributed by atoms with E-state index >= 15 is 0 Å². The van der Waals surface area contributed by atoms with Crippen LogP contribution in [0.3, 0.4) is 0 Å². The van der Waals surface area contributed by atoms with Crippen LogP contribution < -0.4 is 5.32 Å². The molecule has 0 saturated carbocycles. The Morgan fingerprint density at radius 3 is 2.45 bits per heavy atom. The number of alkyl halides is 3. The third kappa shape index (κ3) is 4.58. The predicted octanol–water partition coefficient (Wildman–Crippen LogP) is 3.35. The minimum absolute atomic E-state index is 0.0623. The smallest absolute Gasteiger partial charge is 0.352 e. The first-order valence-corrected chi connectivity index (χ1v) is 6.77. The van der Waals surface area contributed by atoms with Crippen molar-refractivity contribution in [1.82, 2.24) is 10.3 Å². The lowest BCUT2D eigenvalue weighted by Gasteiger charge is -2.13. The monoisotopic (exact) mass is 308 g/mol. The van der Waals surface area contributed by atoms with Crippen molar-refractivity contribution in [1.29, 1.82) is 0 Å². The summed E-state index contributed by atoms with van der Waals surface area (Å²) in [6.45, 7) is -0.134. The molecule has 1 aromatic carbocycles. The zero-order valence-electron chi connectivity index (χ0n) is 11.7. The zero-order valence-corrected chi connectivity index (χ0v) is 11.7. The molecule has 1 amide bonds. The summed E-state index contributed by atoms with van der Waals surface area (Å²) in [5, 5.41) is 2.53. The highest BCUT2D eigenvalue weighted by molar-refractivity contribution is 5.76. The van der Waals surface area contributed by atoms with E-state index in [-0.39, 0.29) is 24.4 Å². The molecule has 0 aliphatic heterocycles. The van der Waals surface area contributed by atoms with Crippen molar-refractivity contribution in [3.05, 3.63) is 65.5 Å². The van der Waals surface area contributed by atoms with Crippen LogP contribution in [0.15, 0.2) is 48.8 Å². The van der Waals surface area contributed by atoms with Crippen molar-refractivity contribution >= 4 is 5.91 Å². The fourth-order valence-corrected chi connectivity index (χ4v) is 2.04. The normalized spacial score (nSPS) is 11.2. The Kier molecular flexibility index (Phi) is 5.14. The molecule has 0 aliphatic carbocycles. The van der Waals surface area contributed by atoms with Crippen molar-refractivity contribution in [2.45, 2.75) is 25.6 Å². The van der Waals surface area contributed by atoms with Crippen LogP contribution in [0.5, 0.6) is 0 Å². The zero-order chi connectivity index (χ0) is 16.0. The fraction of sp³-hybridized carbons (Fsp3) is 0.250. The van der Waals surface area contributed by atoms with Gasteiger partial charge in [0.2, 0.25) is 5.91 Å². The summed E-state index contributed by atoms with van der Waals surface area (Å²) in [6.07, 6.45) is -0.411. The Bertz CT molecular complexity index is 627. The van der Waals surface area contributed by atoms with Gasteiger partial charge in [0.1, 0.15) is 0 Å². The molecule has 0 atom stereocenters. The van der Waals surface area contributed by atoms with E-state index in [0.29, 0.717) is 6.42 Å². The van der Waals surface area contributed by atoms with Crippen molar-refractivity contribution in [2.75, 3.05) is 0 Å². The Balaban J connectivity index is 1.89. The highest BCUT2D eigenvalue weighted by atomic mass is 19.4. The van der Waals surface area contributed by atoms with Gasteiger partial charge in [-0.3, -0.25) is 9.78 Å². The van der Waals surface area contributed by atoms with Gasteiger partial charge in [0.25, 0.3) is 0 Å². The van der Waals surface area contributed by atoms with Gasteiger partial charge in [-0.15, -0.1) is 0 Å². The van der Waals surface area contributed by atoms with Gasteiger partial charge in [-0.05, 0) is 35.7 Å². The summed E-state index contributed by atoms with van der Waals surface area (Å²) in [5.41, 5.74) is 0.303. The van der Waals surface area contributed by atoms with E-state index in [1.807, 2.05) is 0 Å². The van der Waals surface area contributed by atoms with Crippen LogP contribution in [0, 0.1) is 0 Å². The number of nitrogens with zero attached hydrogens (tertiary/aromatic N) is 1. The van der Waals surface area contributed by atoms with E-state index in [9.17, 15) is 18.0 Å². The van der Waals surface area contributed by atoms with Crippen molar-refractivity contribution in [3.8, 4) is 0 Å². The molecular weight excluding hydrogens is 293 g/mol. The van der Waals surface area contributed by atoms with Gasteiger partial charge >= 0.3 is 6.18 Å². The maximum atomic E-state index is 12.8. The Morgan fingerprint density at radius 1 is 1.09 bits per heavy atom. The number of rotatable bonds is 5. The molecule has 0 aliphatic rings. The van der Waals surface area contributed by atoms with Crippen LogP contribution in [-0.4, -0.2) is 10.9 Å². The number of hydrogen-bond donors (Lipinski definition) is 1. The molecule has 1 heterocycles. The van der Waals surface area contributed by atoms with Gasteiger partial charge < -0.3 is 5.32 Å². The van der Waals surface area contributed by atoms with Crippen LogP contribution in [0.2, 0.25) is 0 Å². The highest BCUT2D eigenvalue weighted by Gasteiger charge is 2.32. The minimum atomic E-state index is -4.42. The lowest BCUT2D eigenvalue weighted by atomic mass is 10.1. The molecule has 0 unspecified atom stereocenters. The summed E-state index contributed by atoms with van der Waals surface area (Å²) in [6, 6.07) is 8.83. The van der Waals surface area contributed by atoms with Crippen LogP contribution in [-0.2, 0) is 23.9 Å². The number of amides is 1. The van der Waals surface area contributed by atoms with Crippen LogP contribution >= 0.6 is 0 Å². The SMILES string of the molecule is O=C(CCc1ccncc1)NCc1ccccc1C(F)(F)F. The van der Waals surface area contributed by atoms with E-state index in [1.165, 1.54) is 18.2 Å². The second kappa shape index (κ2) is 7.06. The van der Waals surface area contributed by atoms with Gasteiger partial charge in [0, 0.05) is 25.4 Å². The first-order valence-electron chi connectivity index (χ1n) is 6.77. The number of carbonyl (C=O) groups excluding carboxylic acids is 1. The lowest BCUT2D eigenvalue weighted by molar-refractivity contribution is -0.138. The number of nitrogens with one attached hydrogen (secondary N) is 1. The fourth-order valence-electron chi connectivity index (χ4n) is 2.04. The van der Waals surface area contributed by atoms with Gasteiger partial charge in [0.15, 0.2) is 0 Å². The molecular formula is C16H15F3N2O. The number of carbonyl (C=O) groups is 1. The number of pyridine rings is 1. The van der Waals surface area contributed by atoms with Crippen LogP contribution in [0.1, 0.15) is 23.1 Å². The van der Waals surface area contributed by atoms with Gasteiger partial charge in [-0.2, -0.15) is 13.2 Å². The number of aryl methyl sites for hydroxylation is 1. The number of benzene rings is 1. The predicted molar refractivity (Wildman–Crippen MR) is 75.8 cm³/mol. The maximum Gasteiger partial charge on any atom is 0.416 e. The molecule has 1 aromatic heterocycles. The van der Waals surface area contributed by atoms with E-state index < -0.39 is 11.7 Å². The van der Waals surface area contributed by atoms with Gasteiger partial charge in [-0.1, -0.05) is 18.2 Å². The molecule has 2 rings (SSSR count). The first-order chi connectivity index (χ1) is 10.5. The highest BCUT2D eigenvalue weighted by Crippen LogP contribution is 2.31. The van der Waals surface area contributed by atoms with E-state index in [1.54, 1.807) is 24.5 Å². The summed E-state index contributed by atoms with van der Waals surface area (Å²) >= 11 is 0. The van der Waals surface area contributed by atoms with E-state index in [0.717, 1.165) is 11.6 Å². The molecule has 0 radical (unpaired) electrons. The molecule has 6 heteroatoms. The molecule has 1 N–H and O–H groups in total. The average Bonchev–Trinajstić information content (AvgIpc) is 2.51. The molecule has 0 fully saturated rings. The van der Waals surface area contributed by atoms with Crippen molar-refractivity contribution in [3.63, 3.8) is 0 Å². The van der Waals surface area contributed by atoms with Crippen molar-refractivity contribution < 1.29 is 18.0 Å². The second-order valence-corrected chi connectivity index (χ2v) is 4.79. The summed E-state index contributed by atoms with van der Waals surface area (Å²) in [4.78, 5) is 15.6. The van der Waals surface area contributed by atoms with Gasteiger partial charge in [-0.25, -0.2) is 0 Å². The summed E-state index contributed by atoms with van der Waals surface area (Å²) < 4.78 is 38.5. The second-order valence-electron chi connectivity index (χ2n) is 4.79. The third-order valence-electron chi connectivity index (χ3n) is 3.19. The lowest BCUT2D eigenvalue weighted by Crippen LogP contribution is -2.24. The molecule has 22 heavy (non-hydrogen) atoms. The number of aromatic nitrogens is 1. The van der Waals surface area contributed by atoms with Crippen molar-refractivity contribution in [2.24, 2.45) is 0 Å². The third-order valence-corrected chi connectivity index (χ3v) is 3.19. The quantitative estimate of drug-likeness (QED) is 0.920. The number of hydrogen-bond acceptors (Lipinski definition) is 2. The molecule has 0 bridgehead atoms. The Labute approximate surface area is 126 Å². The molecule has 2 aromatic rings. The first kappa shape index (κ1) is 16.0. The minimum Gasteiger partial charge on any atom is -0.352 e. The summed E-state index contributed by atoms with van der Waals surface area (Å²) in [7, 11) is 0. The topological polar surface area (TPSA) is 42.0 Å². The van der Waals surface area contributed by atoms with Crippen LogP contribution in [0.4, 0.5) is 13.2 Å². The summed E-state index contributed by atoms with van der Waals surface area (Å²) in [5.74, 6) is -0.284. The van der Waals surface area contributed by atoms with Gasteiger partial charge in [0.05, 0.1) is 5.56 Å². The maximum absolute atomic E-state index is 12.8. The molecule has 0 spiro atoms. The molecule has 0 saturated heterocycles. The van der Waals surface area contributed by atoms with Crippen LogP contribution in [0.25, 0.3) is 0 Å². The average molecular weight is 308 g/mol. The van der Waals surface area contributed by atoms with E-state index in [4.69, 9.17) is 0 Å². The largest absolute Gasteiger partial charge is 0.416 e. The standard InChI is InChI=1S/C16H15F3N2O/c17-16(18,19)14-4-2-1-3-13(14)11-21-15(22)6-5-12-7-9-20-10-8-12/h1-4,7-10H,5-6,11H2,(H,21,22). The Hall–Kier alpha value is -2.37. The van der Waals surface area contributed by atoms with E-state index in [2.05, 4.69) is 10.3 Å². The molecule has 116 valence electrons. The molecule has 3 nitrogen and oxygen atoms in total.